The lowest BCUT2D eigenvalue weighted by Gasteiger charge is -2.31. The van der Waals surface area contributed by atoms with Crippen molar-refractivity contribution in [2.45, 2.75) is 37.5 Å². The van der Waals surface area contributed by atoms with Crippen LogP contribution >= 0.6 is 11.6 Å². The van der Waals surface area contributed by atoms with Crippen LogP contribution in [-0.2, 0) is 23.1 Å². The van der Waals surface area contributed by atoms with Crippen molar-refractivity contribution in [2.75, 3.05) is 0 Å². The lowest BCUT2D eigenvalue weighted by atomic mass is 9.77. The number of fused-ring (bicyclic) bond motifs is 1. The molecule has 0 spiro atoms. The van der Waals surface area contributed by atoms with Crippen molar-refractivity contribution in [1.29, 1.82) is 0 Å². The van der Waals surface area contributed by atoms with Crippen LogP contribution in [0.3, 0.4) is 0 Å². The largest absolute Gasteiger partial charge is 0.417 e. The number of halogens is 5. The lowest BCUT2D eigenvalue weighted by molar-refractivity contribution is -0.137. The number of ketones is 1. The summed E-state index contributed by atoms with van der Waals surface area (Å²) < 4.78 is 54.4. The number of hydrogen-bond donors (Lipinski definition) is 0. The number of aryl methyl sites for hydroxylation is 1. The van der Waals surface area contributed by atoms with Gasteiger partial charge in [-0.2, -0.15) is 13.2 Å². The van der Waals surface area contributed by atoms with Gasteiger partial charge in [0.15, 0.2) is 11.5 Å². The maximum atomic E-state index is 15.6. The average Bonchev–Trinajstić information content (AvgIpc) is 2.63. The molecule has 1 aliphatic rings. The third-order valence-corrected chi connectivity index (χ3v) is 5.23. The molecule has 0 amide bonds. The van der Waals surface area contributed by atoms with Crippen molar-refractivity contribution in [3.05, 3.63) is 70.5 Å². The summed E-state index contributed by atoms with van der Waals surface area (Å²) in [6.45, 7) is 3.85. The van der Waals surface area contributed by atoms with Crippen molar-refractivity contribution in [3.63, 3.8) is 0 Å². The van der Waals surface area contributed by atoms with Gasteiger partial charge in [0.2, 0.25) is 0 Å². The van der Waals surface area contributed by atoms with Crippen molar-refractivity contribution < 1.29 is 22.4 Å². The van der Waals surface area contributed by atoms with Gasteiger partial charge >= 0.3 is 6.18 Å². The molecule has 1 heterocycles. The monoisotopic (exact) mass is 397 g/mol. The van der Waals surface area contributed by atoms with Gasteiger partial charge in [-0.3, -0.25) is 9.78 Å². The third-order valence-electron chi connectivity index (χ3n) is 4.79. The first kappa shape index (κ1) is 19.5. The first-order chi connectivity index (χ1) is 12.6. The molecular weight excluding hydrogens is 382 g/mol. The van der Waals surface area contributed by atoms with Crippen LogP contribution < -0.4 is 0 Å². The minimum Gasteiger partial charge on any atom is -0.296 e. The molecule has 2 nitrogen and oxygen atoms in total. The highest BCUT2D eigenvalue weighted by Gasteiger charge is 2.44. The summed E-state index contributed by atoms with van der Waals surface area (Å²) in [6, 6.07) is 6.56. The fraction of sp³-hybridized carbons (Fsp3) is 0.300. The Morgan fingerprint density at radius 3 is 2.70 bits per heavy atom. The van der Waals surface area contributed by atoms with Crippen molar-refractivity contribution in [2.24, 2.45) is 0 Å². The Bertz CT molecular complexity index is 909. The number of carbonyl (C=O) groups is 1. The van der Waals surface area contributed by atoms with Gasteiger partial charge < -0.3 is 0 Å². The van der Waals surface area contributed by atoms with E-state index in [1.807, 2.05) is 0 Å². The minimum atomic E-state index is -4.59. The highest BCUT2D eigenvalue weighted by atomic mass is 35.5. The van der Waals surface area contributed by atoms with E-state index in [1.165, 1.54) is 24.4 Å². The minimum absolute atomic E-state index is 0.0559. The summed E-state index contributed by atoms with van der Waals surface area (Å²) >= 11 is 5.85. The molecule has 0 saturated carbocycles. The Morgan fingerprint density at radius 2 is 2.00 bits per heavy atom. The summed E-state index contributed by atoms with van der Waals surface area (Å²) in [7, 11) is 0. The Kier molecular flexibility index (Phi) is 5.12. The molecule has 3 rings (SSSR count). The molecule has 0 fully saturated rings. The van der Waals surface area contributed by atoms with Gasteiger partial charge in [-0.25, -0.2) is 4.39 Å². The van der Waals surface area contributed by atoms with E-state index >= 15 is 4.39 Å². The predicted molar refractivity (Wildman–Crippen MR) is 95.1 cm³/mol. The van der Waals surface area contributed by atoms with Crippen LogP contribution in [0.4, 0.5) is 17.6 Å². The van der Waals surface area contributed by atoms with E-state index in [9.17, 15) is 18.0 Å². The molecule has 27 heavy (non-hydrogen) atoms. The number of Topliss-reactive ketones (excluding diaryl/α,β-unsaturated/α-hetero) is 1. The van der Waals surface area contributed by atoms with Gasteiger partial charge in [0.25, 0.3) is 0 Å². The zero-order chi connectivity index (χ0) is 19.8. The number of allylic oxidation sites excluding steroid dienone is 1. The van der Waals surface area contributed by atoms with E-state index in [0.29, 0.717) is 11.3 Å². The van der Waals surface area contributed by atoms with Gasteiger partial charge in [-0.1, -0.05) is 36.4 Å². The Labute approximate surface area is 158 Å². The van der Waals surface area contributed by atoms with E-state index in [0.717, 1.165) is 6.07 Å². The van der Waals surface area contributed by atoms with E-state index in [4.69, 9.17) is 11.6 Å². The van der Waals surface area contributed by atoms with Gasteiger partial charge in [0.05, 0.1) is 16.3 Å². The number of rotatable bonds is 4. The van der Waals surface area contributed by atoms with Crippen LogP contribution in [0.25, 0.3) is 5.57 Å². The standard InChI is InChI=1S/C20H16ClF4NO/c1-12-9-10-19(22,15-6-3-11-26-18(12)15)16(27)8-7-13-4-2-5-14(17(13)21)20(23,24)25/h2-6,11H,1,7-10H2/t19-/m1/s1. The molecule has 1 atom stereocenters. The Hall–Kier alpha value is -2.21. The Balaban J connectivity index is 1.83. The predicted octanol–water partition coefficient (Wildman–Crippen LogP) is 5.93. The highest BCUT2D eigenvalue weighted by Crippen LogP contribution is 2.44. The van der Waals surface area contributed by atoms with Gasteiger partial charge in [0.1, 0.15) is 0 Å². The van der Waals surface area contributed by atoms with Crippen LogP contribution in [0, 0.1) is 0 Å². The Morgan fingerprint density at radius 1 is 1.26 bits per heavy atom. The fourth-order valence-electron chi connectivity index (χ4n) is 3.31. The molecule has 1 aromatic carbocycles. The van der Waals surface area contributed by atoms with Crippen LogP contribution in [0.15, 0.2) is 43.1 Å². The normalized spacial score (nSPS) is 19.7. The first-order valence-corrected chi connectivity index (χ1v) is 8.73. The number of alkyl halides is 4. The first-order valence-electron chi connectivity index (χ1n) is 8.35. The molecule has 1 aromatic heterocycles. The fourth-order valence-corrected chi connectivity index (χ4v) is 3.64. The summed E-state index contributed by atoms with van der Waals surface area (Å²) in [5.41, 5.74) is -1.83. The van der Waals surface area contributed by atoms with E-state index in [-0.39, 0.29) is 36.8 Å². The smallest absolute Gasteiger partial charge is 0.296 e. The average molecular weight is 398 g/mol. The molecule has 142 valence electrons. The van der Waals surface area contributed by atoms with E-state index in [2.05, 4.69) is 11.6 Å². The number of nitrogens with zero attached hydrogens (tertiary/aromatic N) is 1. The van der Waals surface area contributed by atoms with Crippen LogP contribution in [0.1, 0.15) is 41.6 Å². The second-order valence-electron chi connectivity index (χ2n) is 6.50. The quantitative estimate of drug-likeness (QED) is 0.599. The second-order valence-corrected chi connectivity index (χ2v) is 6.88. The number of carbonyl (C=O) groups excluding carboxylic acids is 1. The molecule has 2 aromatic rings. The molecule has 0 unspecified atom stereocenters. The van der Waals surface area contributed by atoms with E-state index < -0.39 is 28.2 Å². The molecular formula is C20H16ClF4NO. The van der Waals surface area contributed by atoms with Gasteiger partial charge in [-0.15, -0.1) is 0 Å². The molecule has 1 aliphatic carbocycles. The summed E-state index contributed by atoms with van der Waals surface area (Å²) in [4.78, 5) is 16.8. The van der Waals surface area contributed by atoms with Crippen molar-refractivity contribution in [1.82, 2.24) is 4.98 Å². The lowest BCUT2D eigenvalue weighted by Crippen LogP contribution is -2.35. The maximum Gasteiger partial charge on any atom is 0.417 e. The van der Waals surface area contributed by atoms with Crippen LogP contribution in [0.5, 0.6) is 0 Å². The summed E-state index contributed by atoms with van der Waals surface area (Å²) in [5, 5.41) is -0.454. The summed E-state index contributed by atoms with van der Waals surface area (Å²) in [5.74, 6) is -0.697. The van der Waals surface area contributed by atoms with Crippen molar-refractivity contribution >= 4 is 23.0 Å². The molecule has 7 heteroatoms. The third kappa shape index (κ3) is 3.63. The molecule has 0 aliphatic heterocycles. The van der Waals surface area contributed by atoms with Crippen molar-refractivity contribution in [3.8, 4) is 0 Å². The highest BCUT2D eigenvalue weighted by molar-refractivity contribution is 6.32. The van der Waals surface area contributed by atoms with E-state index in [1.54, 1.807) is 6.07 Å². The zero-order valence-corrected chi connectivity index (χ0v) is 15.0. The second kappa shape index (κ2) is 7.08. The summed E-state index contributed by atoms with van der Waals surface area (Å²) in [6.07, 6.45) is -3.20. The maximum absolute atomic E-state index is 15.6. The number of hydrogen-bond acceptors (Lipinski definition) is 2. The zero-order valence-electron chi connectivity index (χ0n) is 14.2. The molecule has 0 N–H and O–H groups in total. The van der Waals surface area contributed by atoms with Gasteiger partial charge in [-0.05, 0) is 42.5 Å². The number of benzene rings is 1. The molecule has 0 radical (unpaired) electrons. The van der Waals surface area contributed by atoms with Crippen LogP contribution in [-0.4, -0.2) is 10.8 Å². The van der Waals surface area contributed by atoms with Crippen LogP contribution in [0.2, 0.25) is 5.02 Å². The SMILES string of the molecule is C=C1CC[C@](F)(C(=O)CCc2cccc(C(F)(F)F)c2Cl)c2cccnc21. The number of pyridine rings is 1. The topological polar surface area (TPSA) is 30.0 Å². The molecule has 0 saturated heterocycles. The molecule has 0 bridgehead atoms. The number of aromatic nitrogens is 1. The van der Waals surface area contributed by atoms with Gasteiger partial charge in [0, 0.05) is 18.2 Å².